The Balaban J connectivity index is 0.000000224. The van der Waals surface area contributed by atoms with E-state index in [1.54, 1.807) is 0 Å². The van der Waals surface area contributed by atoms with Crippen LogP contribution in [0.3, 0.4) is 0 Å². The first-order chi connectivity index (χ1) is 11.4. The van der Waals surface area contributed by atoms with Crippen molar-refractivity contribution in [3.8, 4) is 0 Å². The minimum Gasteiger partial charge on any atom is -0.478 e. The molecule has 2 atom stereocenters. The Kier molecular flexibility index (Phi) is 5.97. The van der Waals surface area contributed by atoms with Crippen LogP contribution in [0.25, 0.3) is 0 Å². The maximum Gasteiger partial charge on any atom is 0.328 e. The number of likely N-dealkylation sites (N-methyl/N-ethyl adjacent to an activating group) is 1. The van der Waals surface area contributed by atoms with E-state index < -0.39 is 11.9 Å². The van der Waals surface area contributed by atoms with Crippen LogP contribution in [0, 0.1) is 5.92 Å². The maximum absolute atomic E-state index is 9.55. The largest absolute Gasteiger partial charge is 0.478 e. The summed E-state index contributed by atoms with van der Waals surface area (Å²) >= 11 is 0. The minimum absolute atomic E-state index is 0.340. The highest BCUT2D eigenvalue weighted by Crippen LogP contribution is 2.35. The fourth-order valence-electron chi connectivity index (χ4n) is 3.44. The highest BCUT2D eigenvalue weighted by Gasteiger charge is 2.37. The van der Waals surface area contributed by atoms with E-state index in [9.17, 15) is 9.59 Å². The van der Waals surface area contributed by atoms with Crippen LogP contribution in [-0.4, -0.2) is 51.2 Å². The molecule has 1 aromatic heterocycles. The lowest BCUT2D eigenvalue weighted by molar-refractivity contribution is -0.134. The van der Waals surface area contributed by atoms with Gasteiger partial charge in [0.15, 0.2) is 0 Å². The van der Waals surface area contributed by atoms with Crippen molar-refractivity contribution in [1.29, 1.82) is 0 Å². The predicted molar refractivity (Wildman–Crippen MR) is 86.5 cm³/mol. The van der Waals surface area contributed by atoms with Crippen molar-refractivity contribution < 1.29 is 24.2 Å². The third-order valence-corrected chi connectivity index (χ3v) is 4.45. The molecule has 1 aliphatic carbocycles. The monoisotopic (exact) mass is 337 g/mol. The van der Waals surface area contributed by atoms with Gasteiger partial charge in [-0.1, -0.05) is 6.92 Å². The first kappa shape index (κ1) is 18.0. The lowest BCUT2D eigenvalue weighted by atomic mass is 9.79. The van der Waals surface area contributed by atoms with Crippen molar-refractivity contribution in [2.24, 2.45) is 5.92 Å². The standard InChI is InChI=1S/C12H19N3O.C4H4O4/c1-2-15-5-3-4-8-6-9-11(7-10(8)15)16-12(13)14-9;5-3(6)1-2-4(7)8/h8,10H,2-7H2,1H3,(H2,13,14);1-2H,(H,5,6)(H,7,8). The van der Waals surface area contributed by atoms with E-state index in [1.807, 2.05) is 0 Å². The quantitative estimate of drug-likeness (QED) is 0.701. The number of fused-ring (bicyclic) bond motifs is 2. The van der Waals surface area contributed by atoms with Gasteiger partial charge in [-0.05, 0) is 38.3 Å². The Labute approximate surface area is 140 Å². The van der Waals surface area contributed by atoms with Crippen LogP contribution in [0.15, 0.2) is 16.6 Å². The number of oxazole rings is 1. The lowest BCUT2D eigenvalue weighted by Crippen LogP contribution is -2.48. The highest BCUT2D eigenvalue weighted by atomic mass is 16.4. The Bertz CT molecular complexity index is 609. The smallest absolute Gasteiger partial charge is 0.328 e. The zero-order chi connectivity index (χ0) is 17.7. The second kappa shape index (κ2) is 7.96. The van der Waals surface area contributed by atoms with Crippen molar-refractivity contribution >= 4 is 18.0 Å². The van der Waals surface area contributed by atoms with E-state index in [2.05, 4.69) is 16.8 Å². The number of hydrogen-bond acceptors (Lipinski definition) is 6. The topological polar surface area (TPSA) is 130 Å². The molecule has 0 bridgehead atoms. The number of aromatic nitrogens is 1. The SMILES string of the molecule is CCN1CCCC2Cc3nc(N)oc3CC21.O=C(O)C=CC(=O)O. The molecule has 24 heavy (non-hydrogen) atoms. The summed E-state index contributed by atoms with van der Waals surface area (Å²) in [4.78, 5) is 26.0. The Morgan fingerprint density at radius 3 is 2.58 bits per heavy atom. The van der Waals surface area contributed by atoms with Crippen molar-refractivity contribution in [1.82, 2.24) is 9.88 Å². The molecular weight excluding hydrogens is 314 g/mol. The first-order valence-electron chi connectivity index (χ1n) is 8.02. The van der Waals surface area contributed by atoms with Crippen LogP contribution in [0.5, 0.6) is 0 Å². The number of carbonyl (C=O) groups is 2. The van der Waals surface area contributed by atoms with E-state index in [0.717, 1.165) is 36.8 Å². The molecule has 4 N–H and O–H groups in total. The molecule has 1 aliphatic heterocycles. The number of piperidine rings is 1. The van der Waals surface area contributed by atoms with Gasteiger partial charge in [-0.3, -0.25) is 4.90 Å². The normalized spacial score (nSPS) is 23.0. The van der Waals surface area contributed by atoms with Gasteiger partial charge in [0.25, 0.3) is 6.01 Å². The summed E-state index contributed by atoms with van der Waals surface area (Å²) in [5, 5.41) is 15.6. The summed E-state index contributed by atoms with van der Waals surface area (Å²) in [6.07, 6.45) is 5.81. The summed E-state index contributed by atoms with van der Waals surface area (Å²) in [5.74, 6) is -0.732. The second-order valence-corrected chi connectivity index (χ2v) is 5.94. The minimum atomic E-state index is -1.26. The molecule has 132 valence electrons. The Morgan fingerprint density at radius 2 is 2.00 bits per heavy atom. The van der Waals surface area contributed by atoms with E-state index >= 15 is 0 Å². The number of hydrogen-bond donors (Lipinski definition) is 3. The first-order valence-corrected chi connectivity index (χ1v) is 8.02. The lowest BCUT2D eigenvalue weighted by Gasteiger charge is -2.42. The third kappa shape index (κ3) is 4.58. The number of nitrogen functional groups attached to an aromatic ring is 1. The maximum atomic E-state index is 9.55. The van der Waals surface area contributed by atoms with Gasteiger partial charge in [0.2, 0.25) is 0 Å². The van der Waals surface area contributed by atoms with Crippen LogP contribution in [-0.2, 0) is 22.4 Å². The summed E-state index contributed by atoms with van der Waals surface area (Å²) < 4.78 is 5.49. The Hall–Kier alpha value is -2.35. The van der Waals surface area contributed by atoms with Crippen LogP contribution in [0.4, 0.5) is 6.01 Å². The molecule has 3 rings (SSSR count). The van der Waals surface area contributed by atoms with Gasteiger partial charge in [0, 0.05) is 24.6 Å². The molecule has 2 unspecified atom stereocenters. The van der Waals surface area contributed by atoms with Crippen LogP contribution < -0.4 is 5.73 Å². The molecular formula is C16H23N3O5. The molecule has 1 aromatic rings. The third-order valence-electron chi connectivity index (χ3n) is 4.45. The highest BCUT2D eigenvalue weighted by molar-refractivity contribution is 5.89. The molecule has 1 fully saturated rings. The number of nitrogens with zero attached hydrogens (tertiary/aromatic N) is 2. The van der Waals surface area contributed by atoms with Gasteiger partial charge >= 0.3 is 11.9 Å². The van der Waals surface area contributed by atoms with Crippen LogP contribution >= 0.6 is 0 Å². The molecule has 1 saturated heterocycles. The molecule has 2 heterocycles. The van der Waals surface area contributed by atoms with E-state index in [-0.39, 0.29) is 0 Å². The molecule has 0 spiro atoms. The van der Waals surface area contributed by atoms with Crippen molar-refractivity contribution in [3.63, 3.8) is 0 Å². The molecule has 0 aromatic carbocycles. The van der Waals surface area contributed by atoms with Gasteiger partial charge in [0.05, 0.1) is 5.69 Å². The van der Waals surface area contributed by atoms with Gasteiger partial charge in [-0.25, -0.2) is 9.59 Å². The van der Waals surface area contributed by atoms with Gasteiger partial charge in [-0.2, -0.15) is 4.98 Å². The Morgan fingerprint density at radius 1 is 1.33 bits per heavy atom. The number of anilines is 1. The predicted octanol–water partition coefficient (Wildman–Crippen LogP) is 1.17. The van der Waals surface area contributed by atoms with Gasteiger partial charge in [-0.15, -0.1) is 0 Å². The van der Waals surface area contributed by atoms with E-state index in [0.29, 0.717) is 24.2 Å². The molecule has 0 amide bonds. The zero-order valence-corrected chi connectivity index (χ0v) is 13.6. The van der Waals surface area contributed by atoms with E-state index in [1.165, 1.54) is 19.4 Å². The van der Waals surface area contributed by atoms with Crippen molar-refractivity contribution in [2.45, 2.75) is 38.6 Å². The average molecular weight is 337 g/mol. The number of rotatable bonds is 3. The zero-order valence-electron chi connectivity index (χ0n) is 13.6. The fourth-order valence-corrected chi connectivity index (χ4v) is 3.44. The van der Waals surface area contributed by atoms with Crippen LogP contribution in [0.2, 0.25) is 0 Å². The second-order valence-electron chi connectivity index (χ2n) is 5.94. The molecule has 8 nitrogen and oxygen atoms in total. The number of carboxylic acids is 2. The van der Waals surface area contributed by atoms with Crippen LogP contribution in [0.1, 0.15) is 31.2 Å². The van der Waals surface area contributed by atoms with Gasteiger partial charge < -0.3 is 20.4 Å². The summed E-state index contributed by atoms with van der Waals surface area (Å²) in [6.45, 7) is 4.61. The number of aliphatic carboxylic acids is 2. The number of nitrogens with two attached hydrogens (primary N) is 1. The number of carboxylic acid groups (broad SMARTS) is 2. The molecule has 2 aliphatic rings. The summed E-state index contributed by atoms with van der Waals surface area (Å²) in [6, 6.07) is 0.991. The molecule has 8 heteroatoms. The van der Waals surface area contributed by atoms with Crippen molar-refractivity contribution in [2.75, 3.05) is 18.8 Å². The summed E-state index contributed by atoms with van der Waals surface area (Å²) in [5.41, 5.74) is 6.73. The van der Waals surface area contributed by atoms with Gasteiger partial charge in [0.1, 0.15) is 5.76 Å². The molecule has 0 radical (unpaired) electrons. The van der Waals surface area contributed by atoms with E-state index in [4.69, 9.17) is 20.4 Å². The number of likely N-dealkylation sites (tertiary alicyclic amines) is 1. The molecule has 0 saturated carbocycles. The van der Waals surface area contributed by atoms with Crippen molar-refractivity contribution in [3.05, 3.63) is 23.6 Å². The fraction of sp³-hybridized carbons (Fsp3) is 0.562. The summed E-state index contributed by atoms with van der Waals surface area (Å²) in [7, 11) is 0. The average Bonchev–Trinajstić information content (AvgIpc) is 2.89.